The third kappa shape index (κ3) is 4.21. The number of nitrogens with zero attached hydrogens (tertiary/aromatic N) is 1. The molecule has 0 aliphatic carbocycles. The Labute approximate surface area is 180 Å². The number of fused-ring (bicyclic) bond motifs is 1. The molecule has 0 saturated heterocycles. The van der Waals surface area contributed by atoms with Crippen LogP contribution in [0.25, 0.3) is 10.2 Å². The van der Waals surface area contributed by atoms with Crippen LogP contribution in [0.3, 0.4) is 0 Å². The maximum atomic E-state index is 13.9. The molecule has 0 unspecified atom stereocenters. The van der Waals surface area contributed by atoms with Crippen molar-refractivity contribution in [2.45, 2.75) is 13.1 Å². The van der Waals surface area contributed by atoms with E-state index in [-0.39, 0.29) is 18.3 Å². The normalized spacial score (nSPS) is 11.0. The van der Waals surface area contributed by atoms with E-state index in [0.717, 1.165) is 25.3 Å². The zero-order valence-electron chi connectivity index (χ0n) is 15.6. The van der Waals surface area contributed by atoms with Crippen LogP contribution >= 0.6 is 27.3 Å². The maximum Gasteiger partial charge on any atom is 0.268 e. The smallest absolute Gasteiger partial charge is 0.268 e. The first kappa shape index (κ1) is 19.7. The minimum absolute atomic E-state index is 0.132. The van der Waals surface area contributed by atoms with E-state index in [1.165, 1.54) is 6.07 Å². The molecule has 1 amide bonds. The van der Waals surface area contributed by atoms with Crippen molar-refractivity contribution in [2.75, 3.05) is 7.11 Å². The summed E-state index contributed by atoms with van der Waals surface area (Å²) in [5.41, 5.74) is 2.99. The van der Waals surface area contributed by atoms with Gasteiger partial charge in [-0.25, -0.2) is 4.39 Å². The van der Waals surface area contributed by atoms with Crippen LogP contribution in [0.4, 0.5) is 4.39 Å². The quantitative estimate of drug-likeness (QED) is 0.397. The molecule has 4 rings (SSSR count). The lowest BCUT2D eigenvalue weighted by atomic mass is 10.2. The molecule has 7 heteroatoms. The number of rotatable bonds is 6. The Morgan fingerprint density at radius 2 is 2.00 bits per heavy atom. The van der Waals surface area contributed by atoms with Gasteiger partial charge in [-0.05, 0) is 51.8 Å². The number of ether oxygens (including phenoxy) is 1. The van der Waals surface area contributed by atoms with Crippen molar-refractivity contribution in [1.29, 1.82) is 0 Å². The zero-order valence-corrected chi connectivity index (χ0v) is 18.0. The topological polar surface area (TPSA) is 43.3 Å². The number of hydrogen-bond acceptors (Lipinski definition) is 3. The van der Waals surface area contributed by atoms with Crippen molar-refractivity contribution in [3.63, 3.8) is 0 Å². The first-order chi connectivity index (χ1) is 14.0. The van der Waals surface area contributed by atoms with Crippen molar-refractivity contribution >= 4 is 43.4 Å². The van der Waals surface area contributed by atoms with E-state index in [0.29, 0.717) is 17.8 Å². The molecule has 4 aromatic rings. The Balaban J connectivity index is 1.64. The van der Waals surface area contributed by atoms with Crippen LogP contribution in [0, 0.1) is 5.82 Å². The largest absolute Gasteiger partial charge is 0.497 e. The number of hydrogen-bond donors (Lipinski definition) is 1. The van der Waals surface area contributed by atoms with Gasteiger partial charge < -0.3 is 14.6 Å². The second-order valence-electron chi connectivity index (χ2n) is 6.54. The Kier molecular flexibility index (Phi) is 5.69. The average molecular weight is 473 g/mol. The number of methoxy groups -OCH3 is 1. The van der Waals surface area contributed by atoms with Crippen LogP contribution in [0.2, 0.25) is 0 Å². The van der Waals surface area contributed by atoms with Gasteiger partial charge in [0.15, 0.2) is 0 Å². The predicted molar refractivity (Wildman–Crippen MR) is 117 cm³/mol. The van der Waals surface area contributed by atoms with Crippen molar-refractivity contribution in [1.82, 2.24) is 9.88 Å². The van der Waals surface area contributed by atoms with Crippen molar-refractivity contribution < 1.29 is 13.9 Å². The number of carbonyl (C=O) groups excluding carboxylic acids is 1. The summed E-state index contributed by atoms with van der Waals surface area (Å²) in [6, 6.07) is 18.1. The lowest BCUT2D eigenvalue weighted by Gasteiger charge is -2.12. The van der Waals surface area contributed by atoms with Gasteiger partial charge in [0.25, 0.3) is 5.91 Å². The molecular formula is C22H18BrFN2O2S. The molecule has 2 aromatic heterocycles. The molecule has 2 aromatic carbocycles. The molecule has 0 radical (unpaired) electrons. The van der Waals surface area contributed by atoms with E-state index in [9.17, 15) is 9.18 Å². The van der Waals surface area contributed by atoms with Crippen LogP contribution in [0.5, 0.6) is 5.75 Å². The van der Waals surface area contributed by atoms with Crippen LogP contribution in [0.1, 0.15) is 21.6 Å². The third-order valence-corrected chi connectivity index (χ3v) is 6.24. The van der Waals surface area contributed by atoms with E-state index in [2.05, 4.69) is 21.2 Å². The SMILES string of the molecule is COc1cccc(Cn2c(C(=O)NCc3ccccc3F)cc3sc(Br)cc32)c1. The fourth-order valence-electron chi connectivity index (χ4n) is 3.23. The van der Waals surface area contributed by atoms with Crippen LogP contribution < -0.4 is 10.1 Å². The first-order valence-electron chi connectivity index (χ1n) is 8.98. The number of aromatic nitrogens is 1. The zero-order chi connectivity index (χ0) is 20.4. The fourth-order valence-corrected chi connectivity index (χ4v) is 4.80. The van der Waals surface area contributed by atoms with Gasteiger partial charge in [0, 0.05) is 18.7 Å². The van der Waals surface area contributed by atoms with Gasteiger partial charge in [0.1, 0.15) is 17.3 Å². The summed E-state index contributed by atoms with van der Waals surface area (Å²) in [6.45, 7) is 0.652. The third-order valence-electron chi connectivity index (χ3n) is 4.66. The summed E-state index contributed by atoms with van der Waals surface area (Å²) in [5, 5.41) is 2.84. The van der Waals surface area contributed by atoms with Crippen LogP contribution in [-0.2, 0) is 13.1 Å². The maximum absolute atomic E-state index is 13.9. The molecule has 4 nitrogen and oxygen atoms in total. The molecule has 0 spiro atoms. The molecular weight excluding hydrogens is 455 g/mol. The summed E-state index contributed by atoms with van der Waals surface area (Å²) in [4.78, 5) is 12.9. The first-order valence-corrected chi connectivity index (χ1v) is 10.6. The number of nitrogens with one attached hydrogen (secondary N) is 1. The van der Waals surface area contributed by atoms with Gasteiger partial charge in [0.2, 0.25) is 0 Å². The van der Waals surface area contributed by atoms with Gasteiger partial charge in [-0.15, -0.1) is 11.3 Å². The van der Waals surface area contributed by atoms with E-state index in [4.69, 9.17) is 4.74 Å². The molecule has 0 aliphatic heterocycles. The van der Waals surface area contributed by atoms with Crippen molar-refractivity contribution in [3.05, 3.63) is 87.1 Å². The second-order valence-corrected chi connectivity index (χ2v) is 9.00. The van der Waals surface area contributed by atoms with Gasteiger partial charge in [-0.1, -0.05) is 30.3 Å². The Morgan fingerprint density at radius 3 is 2.79 bits per heavy atom. The number of carbonyl (C=O) groups is 1. The predicted octanol–water partition coefficient (Wildman–Crippen LogP) is 5.59. The lowest BCUT2D eigenvalue weighted by molar-refractivity contribution is 0.0942. The molecule has 2 heterocycles. The molecule has 0 fully saturated rings. The molecule has 1 N–H and O–H groups in total. The van der Waals surface area contributed by atoms with E-state index in [1.807, 2.05) is 41.0 Å². The van der Waals surface area contributed by atoms with Gasteiger partial charge in [-0.3, -0.25) is 4.79 Å². The van der Waals surface area contributed by atoms with E-state index in [1.54, 1.807) is 36.6 Å². The highest BCUT2D eigenvalue weighted by Gasteiger charge is 2.18. The summed E-state index contributed by atoms with van der Waals surface area (Å²) < 4.78 is 23.2. The Hall–Kier alpha value is -2.64. The molecule has 0 aliphatic rings. The van der Waals surface area contributed by atoms with Gasteiger partial charge >= 0.3 is 0 Å². The Morgan fingerprint density at radius 1 is 1.17 bits per heavy atom. The van der Waals surface area contributed by atoms with Gasteiger partial charge in [0.05, 0.1) is 21.1 Å². The molecule has 0 atom stereocenters. The highest BCUT2D eigenvalue weighted by atomic mass is 79.9. The monoisotopic (exact) mass is 472 g/mol. The summed E-state index contributed by atoms with van der Waals surface area (Å²) in [5.74, 6) is 0.197. The highest BCUT2D eigenvalue weighted by Crippen LogP contribution is 2.33. The van der Waals surface area contributed by atoms with Gasteiger partial charge in [-0.2, -0.15) is 0 Å². The average Bonchev–Trinajstić information content (AvgIpc) is 3.24. The van der Waals surface area contributed by atoms with E-state index < -0.39 is 0 Å². The molecule has 0 saturated carbocycles. The molecule has 29 heavy (non-hydrogen) atoms. The minimum atomic E-state index is -0.329. The van der Waals surface area contributed by atoms with E-state index >= 15 is 0 Å². The number of amides is 1. The fraction of sp³-hybridized carbons (Fsp3) is 0.136. The van der Waals surface area contributed by atoms with Crippen molar-refractivity contribution in [3.8, 4) is 5.75 Å². The molecule has 148 valence electrons. The minimum Gasteiger partial charge on any atom is -0.497 e. The lowest BCUT2D eigenvalue weighted by Crippen LogP contribution is -2.26. The summed E-state index contributed by atoms with van der Waals surface area (Å²) in [6.07, 6.45) is 0. The highest BCUT2D eigenvalue weighted by molar-refractivity contribution is 9.11. The summed E-state index contributed by atoms with van der Waals surface area (Å²) in [7, 11) is 1.63. The van der Waals surface area contributed by atoms with Crippen LogP contribution in [0.15, 0.2) is 64.5 Å². The number of thiophene rings is 1. The summed E-state index contributed by atoms with van der Waals surface area (Å²) >= 11 is 5.09. The number of benzene rings is 2. The standard InChI is InChI=1S/C22H18BrFN2O2S/c1-28-16-7-4-5-14(9-16)13-26-18-11-21(23)29-20(18)10-19(26)22(27)25-12-15-6-2-3-8-17(15)24/h2-11H,12-13H2,1H3,(H,25,27). The van der Waals surface area contributed by atoms with Crippen LogP contribution in [-0.4, -0.2) is 17.6 Å². The number of halogens is 2. The van der Waals surface area contributed by atoms with Crippen molar-refractivity contribution in [2.24, 2.45) is 0 Å². The Bertz CT molecular complexity index is 1180. The second kappa shape index (κ2) is 8.39. The molecule has 0 bridgehead atoms.